The molecule has 0 aromatic heterocycles. The molecule has 2 atom stereocenters. The predicted molar refractivity (Wildman–Crippen MR) is 96.5 cm³/mol. The normalized spacial score (nSPS) is 24.5. The van der Waals surface area contributed by atoms with Gasteiger partial charge in [-0.3, -0.25) is 4.79 Å². The van der Waals surface area contributed by atoms with Crippen molar-refractivity contribution in [3.05, 3.63) is 30.1 Å². The van der Waals surface area contributed by atoms with E-state index in [-0.39, 0.29) is 23.3 Å². The van der Waals surface area contributed by atoms with Gasteiger partial charge >= 0.3 is 0 Å². The van der Waals surface area contributed by atoms with Crippen LogP contribution >= 0.6 is 0 Å². The quantitative estimate of drug-likeness (QED) is 0.777. The van der Waals surface area contributed by atoms with Gasteiger partial charge in [-0.2, -0.15) is 4.31 Å². The van der Waals surface area contributed by atoms with Crippen molar-refractivity contribution < 1.29 is 17.6 Å². The molecule has 2 fully saturated rings. The third-order valence-corrected chi connectivity index (χ3v) is 7.10. The van der Waals surface area contributed by atoms with E-state index in [9.17, 15) is 17.6 Å². The molecule has 1 amide bonds. The fraction of sp³-hybridized carbons (Fsp3) is 0.611. The van der Waals surface area contributed by atoms with E-state index >= 15 is 0 Å². The number of nitrogens with zero attached hydrogens (tertiary/aromatic N) is 1. The van der Waals surface area contributed by atoms with E-state index in [1.165, 1.54) is 16.4 Å². The third kappa shape index (κ3) is 4.61. The second-order valence-corrected chi connectivity index (χ2v) is 9.03. The van der Waals surface area contributed by atoms with Gasteiger partial charge < -0.3 is 10.6 Å². The number of piperidine rings is 1. The van der Waals surface area contributed by atoms with E-state index in [0.29, 0.717) is 31.8 Å². The maximum absolute atomic E-state index is 13.1. The van der Waals surface area contributed by atoms with Crippen LogP contribution in [0.2, 0.25) is 0 Å². The van der Waals surface area contributed by atoms with Crippen LogP contribution in [0.15, 0.2) is 29.2 Å². The highest BCUT2D eigenvalue weighted by molar-refractivity contribution is 7.89. The lowest BCUT2D eigenvalue weighted by Crippen LogP contribution is -2.45. The molecular formula is C18H26FN3O3S. The summed E-state index contributed by atoms with van der Waals surface area (Å²) in [5, 5.41) is 6.27. The van der Waals surface area contributed by atoms with Gasteiger partial charge in [0.05, 0.1) is 10.8 Å². The van der Waals surface area contributed by atoms with Gasteiger partial charge in [0.15, 0.2) is 0 Å². The summed E-state index contributed by atoms with van der Waals surface area (Å²) in [7, 11) is -3.70. The number of sulfonamides is 1. The van der Waals surface area contributed by atoms with Crippen LogP contribution in [0.25, 0.3) is 0 Å². The Kier molecular flexibility index (Phi) is 6.26. The van der Waals surface area contributed by atoms with Crippen molar-refractivity contribution in [1.82, 2.24) is 14.9 Å². The van der Waals surface area contributed by atoms with Crippen LogP contribution < -0.4 is 10.6 Å². The van der Waals surface area contributed by atoms with Gasteiger partial charge in [-0.05, 0) is 69.0 Å². The fourth-order valence-electron chi connectivity index (χ4n) is 3.64. The highest BCUT2D eigenvalue weighted by Crippen LogP contribution is 2.24. The van der Waals surface area contributed by atoms with Crippen molar-refractivity contribution >= 4 is 15.9 Å². The molecule has 0 radical (unpaired) electrons. The Morgan fingerprint density at radius 1 is 1.27 bits per heavy atom. The number of hydrogen-bond acceptors (Lipinski definition) is 4. The van der Waals surface area contributed by atoms with Gasteiger partial charge in [0.2, 0.25) is 15.9 Å². The van der Waals surface area contributed by atoms with Crippen molar-refractivity contribution in [3.63, 3.8) is 0 Å². The topological polar surface area (TPSA) is 78.5 Å². The summed E-state index contributed by atoms with van der Waals surface area (Å²) in [5.74, 6) is -0.273. The molecule has 26 heavy (non-hydrogen) atoms. The molecule has 3 rings (SSSR count). The van der Waals surface area contributed by atoms with E-state index in [1.54, 1.807) is 0 Å². The lowest BCUT2D eigenvalue weighted by molar-refractivity contribution is -0.126. The Morgan fingerprint density at radius 3 is 2.73 bits per heavy atom. The zero-order valence-electron chi connectivity index (χ0n) is 14.8. The smallest absolute Gasteiger partial charge is 0.243 e. The van der Waals surface area contributed by atoms with E-state index in [4.69, 9.17) is 0 Å². The lowest BCUT2D eigenvalue weighted by Gasteiger charge is -2.31. The van der Waals surface area contributed by atoms with Crippen LogP contribution in [-0.4, -0.2) is 51.4 Å². The first-order valence-electron chi connectivity index (χ1n) is 9.21. The van der Waals surface area contributed by atoms with Crippen LogP contribution in [0.1, 0.15) is 25.7 Å². The number of nitrogens with one attached hydrogen (secondary N) is 2. The minimum atomic E-state index is -3.70. The molecule has 2 aliphatic rings. The van der Waals surface area contributed by atoms with E-state index < -0.39 is 15.8 Å². The highest BCUT2D eigenvalue weighted by Gasteiger charge is 2.33. The number of halogens is 1. The first kappa shape index (κ1) is 19.3. The van der Waals surface area contributed by atoms with Crippen molar-refractivity contribution in [2.45, 2.75) is 30.6 Å². The Morgan fingerprint density at radius 2 is 2.04 bits per heavy atom. The molecule has 8 heteroatoms. The van der Waals surface area contributed by atoms with E-state index in [0.717, 1.165) is 38.1 Å². The predicted octanol–water partition coefficient (Wildman–Crippen LogP) is 1.34. The second kappa shape index (κ2) is 8.45. The molecule has 0 aliphatic carbocycles. The average Bonchev–Trinajstić information content (AvgIpc) is 3.15. The third-order valence-electron chi connectivity index (χ3n) is 5.22. The van der Waals surface area contributed by atoms with Crippen molar-refractivity contribution in [1.29, 1.82) is 0 Å². The first-order chi connectivity index (χ1) is 12.5. The summed E-state index contributed by atoms with van der Waals surface area (Å²) in [6, 6.07) is 4.81. The Balaban J connectivity index is 1.55. The monoisotopic (exact) mass is 383 g/mol. The number of rotatable bonds is 6. The SMILES string of the molecule is O=C(NCCC1CCNC1)C1CCCN(S(=O)(=O)c2ccc(F)cc2)C1. The van der Waals surface area contributed by atoms with Gasteiger partial charge in [0.1, 0.15) is 5.82 Å². The molecule has 2 saturated heterocycles. The van der Waals surface area contributed by atoms with Gasteiger partial charge in [-0.1, -0.05) is 0 Å². The molecule has 144 valence electrons. The van der Waals surface area contributed by atoms with E-state index in [2.05, 4.69) is 10.6 Å². The molecule has 2 aliphatic heterocycles. The molecule has 2 N–H and O–H groups in total. The van der Waals surface area contributed by atoms with Crippen LogP contribution in [0.3, 0.4) is 0 Å². The Bertz CT molecular complexity index is 718. The molecule has 6 nitrogen and oxygen atoms in total. The number of benzene rings is 1. The van der Waals surface area contributed by atoms with Gasteiger partial charge in [0, 0.05) is 19.6 Å². The maximum Gasteiger partial charge on any atom is 0.243 e. The molecule has 0 spiro atoms. The van der Waals surface area contributed by atoms with Crippen LogP contribution in [-0.2, 0) is 14.8 Å². The van der Waals surface area contributed by atoms with Crippen molar-refractivity contribution in [2.24, 2.45) is 11.8 Å². The Hall–Kier alpha value is -1.51. The summed E-state index contributed by atoms with van der Waals surface area (Å²) >= 11 is 0. The first-order valence-corrected chi connectivity index (χ1v) is 10.6. The highest BCUT2D eigenvalue weighted by atomic mass is 32.2. The van der Waals surface area contributed by atoms with E-state index in [1.807, 2.05) is 0 Å². The van der Waals surface area contributed by atoms with Crippen molar-refractivity contribution in [3.8, 4) is 0 Å². The number of amides is 1. The lowest BCUT2D eigenvalue weighted by atomic mass is 9.98. The van der Waals surface area contributed by atoms with Gasteiger partial charge in [-0.25, -0.2) is 12.8 Å². The fourth-order valence-corrected chi connectivity index (χ4v) is 5.16. The zero-order chi connectivity index (χ0) is 18.6. The Labute approximate surface area is 154 Å². The molecule has 1 aromatic rings. The summed E-state index contributed by atoms with van der Waals surface area (Å²) in [4.78, 5) is 12.5. The largest absolute Gasteiger partial charge is 0.356 e. The summed E-state index contributed by atoms with van der Waals surface area (Å²) in [5.41, 5.74) is 0. The van der Waals surface area contributed by atoms with Crippen LogP contribution in [0.4, 0.5) is 4.39 Å². The molecule has 0 saturated carbocycles. The standard InChI is InChI=1S/C18H26FN3O3S/c19-16-3-5-17(6-4-16)26(24,25)22-11-1-2-15(13-22)18(23)21-10-8-14-7-9-20-12-14/h3-6,14-15,20H,1-2,7-13H2,(H,21,23). The number of carbonyl (C=O) groups is 1. The van der Waals surface area contributed by atoms with Crippen LogP contribution in [0, 0.1) is 17.7 Å². The summed E-state index contributed by atoms with van der Waals surface area (Å²) in [6.45, 7) is 3.24. The summed E-state index contributed by atoms with van der Waals surface area (Å²) < 4.78 is 39.8. The zero-order valence-corrected chi connectivity index (χ0v) is 15.6. The number of hydrogen-bond donors (Lipinski definition) is 2. The van der Waals surface area contributed by atoms with Crippen molar-refractivity contribution in [2.75, 3.05) is 32.7 Å². The number of carbonyl (C=O) groups excluding carboxylic acids is 1. The van der Waals surface area contributed by atoms with Gasteiger partial charge in [0.25, 0.3) is 0 Å². The molecule has 2 heterocycles. The van der Waals surface area contributed by atoms with Gasteiger partial charge in [-0.15, -0.1) is 0 Å². The average molecular weight is 383 g/mol. The summed E-state index contributed by atoms with van der Waals surface area (Å²) in [6.07, 6.45) is 3.42. The second-order valence-electron chi connectivity index (χ2n) is 7.09. The maximum atomic E-state index is 13.1. The molecule has 1 aromatic carbocycles. The minimum absolute atomic E-state index is 0.0636. The van der Waals surface area contributed by atoms with Crippen LogP contribution in [0.5, 0.6) is 0 Å². The molecule has 0 bridgehead atoms. The minimum Gasteiger partial charge on any atom is -0.356 e. The molecule has 2 unspecified atom stereocenters. The molecular weight excluding hydrogens is 357 g/mol.